The summed E-state index contributed by atoms with van der Waals surface area (Å²) < 4.78 is 33.9. The van der Waals surface area contributed by atoms with Gasteiger partial charge in [-0.05, 0) is 43.3 Å². The van der Waals surface area contributed by atoms with Crippen LogP contribution in [0, 0.1) is 5.82 Å². The molecule has 0 unspecified atom stereocenters. The minimum Gasteiger partial charge on any atom is -0.497 e. The van der Waals surface area contributed by atoms with Gasteiger partial charge < -0.3 is 18.6 Å². The van der Waals surface area contributed by atoms with E-state index in [1.165, 1.54) is 44.4 Å². The van der Waals surface area contributed by atoms with E-state index < -0.39 is 23.5 Å². The number of halogens is 1. The smallest absolute Gasteiger partial charge is 0.347 e. The Labute approximate surface area is 154 Å². The zero-order valence-corrected chi connectivity index (χ0v) is 14.7. The second-order valence-corrected chi connectivity index (χ2v) is 5.77. The molecular formula is C20H17FO6. The summed E-state index contributed by atoms with van der Waals surface area (Å²) in [7, 11) is 1.51. The molecule has 3 aromatic rings. The first-order valence-corrected chi connectivity index (χ1v) is 8.16. The van der Waals surface area contributed by atoms with Gasteiger partial charge in [0.15, 0.2) is 6.10 Å². The van der Waals surface area contributed by atoms with Gasteiger partial charge in [0, 0.05) is 23.1 Å². The molecule has 3 rings (SSSR count). The number of fused-ring (bicyclic) bond motifs is 1. The second-order valence-electron chi connectivity index (χ2n) is 5.77. The van der Waals surface area contributed by atoms with Gasteiger partial charge >= 0.3 is 11.6 Å². The highest BCUT2D eigenvalue weighted by atomic mass is 19.1. The summed E-state index contributed by atoms with van der Waals surface area (Å²) >= 11 is 0. The molecular weight excluding hydrogens is 355 g/mol. The fourth-order valence-electron chi connectivity index (χ4n) is 2.49. The predicted molar refractivity (Wildman–Crippen MR) is 95.3 cm³/mol. The van der Waals surface area contributed by atoms with E-state index in [-0.39, 0.29) is 6.61 Å². The molecule has 2 aromatic carbocycles. The zero-order valence-electron chi connectivity index (χ0n) is 14.7. The minimum atomic E-state index is -0.901. The number of hydrogen-bond donors (Lipinski definition) is 0. The van der Waals surface area contributed by atoms with Gasteiger partial charge in [-0.1, -0.05) is 0 Å². The lowest BCUT2D eigenvalue weighted by atomic mass is 10.1. The van der Waals surface area contributed by atoms with Gasteiger partial charge in [-0.2, -0.15) is 0 Å². The van der Waals surface area contributed by atoms with Gasteiger partial charge in [0.05, 0.1) is 7.11 Å². The molecule has 0 bridgehead atoms. The number of rotatable bonds is 6. The highest BCUT2D eigenvalue weighted by Crippen LogP contribution is 2.23. The van der Waals surface area contributed by atoms with Crippen molar-refractivity contribution in [3.8, 4) is 11.5 Å². The van der Waals surface area contributed by atoms with E-state index >= 15 is 0 Å². The van der Waals surface area contributed by atoms with Crippen molar-refractivity contribution in [1.29, 1.82) is 0 Å². The van der Waals surface area contributed by atoms with E-state index in [0.29, 0.717) is 28.0 Å². The molecule has 0 saturated heterocycles. The lowest BCUT2D eigenvalue weighted by Gasteiger charge is -2.14. The number of carbonyl (C=O) groups excluding carboxylic acids is 1. The molecule has 0 aliphatic heterocycles. The van der Waals surface area contributed by atoms with Crippen LogP contribution in [0.2, 0.25) is 0 Å². The zero-order chi connectivity index (χ0) is 19.4. The van der Waals surface area contributed by atoms with Crippen molar-refractivity contribution in [1.82, 2.24) is 0 Å². The Morgan fingerprint density at radius 2 is 1.81 bits per heavy atom. The highest BCUT2D eigenvalue weighted by molar-refractivity contribution is 5.82. The van der Waals surface area contributed by atoms with Crippen LogP contribution in [-0.2, 0) is 16.1 Å². The van der Waals surface area contributed by atoms with Crippen LogP contribution in [0.1, 0.15) is 12.5 Å². The highest BCUT2D eigenvalue weighted by Gasteiger charge is 2.17. The summed E-state index contributed by atoms with van der Waals surface area (Å²) in [5.74, 6) is -0.127. The van der Waals surface area contributed by atoms with Gasteiger partial charge in [0.2, 0.25) is 0 Å². The second kappa shape index (κ2) is 7.90. The maximum Gasteiger partial charge on any atom is 0.347 e. The van der Waals surface area contributed by atoms with Crippen LogP contribution in [-0.4, -0.2) is 19.2 Å². The third kappa shape index (κ3) is 4.44. The van der Waals surface area contributed by atoms with Gasteiger partial charge in [-0.25, -0.2) is 14.0 Å². The van der Waals surface area contributed by atoms with E-state index in [9.17, 15) is 14.0 Å². The molecule has 0 spiro atoms. The third-order valence-electron chi connectivity index (χ3n) is 3.87. The molecule has 7 heteroatoms. The Kier molecular flexibility index (Phi) is 5.40. The standard InChI is InChI=1S/C20H17FO6/c1-12(26-15-5-3-14(21)4-6-15)20(23)25-11-13-9-19(22)27-18-10-16(24-2)7-8-17(13)18/h3-10,12H,11H2,1-2H3/t12-/m1/s1. The summed E-state index contributed by atoms with van der Waals surface area (Å²) in [6, 6.07) is 11.6. The summed E-state index contributed by atoms with van der Waals surface area (Å²) in [4.78, 5) is 23.9. The van der Waals surface area contributed by atoms with Gasteiger partial charge in [0.1, 0.15) is 29.5 Å². The summed E-state index contributed by atoms with van der Waals surface area (Å²) in [6.45, 7) is 1.40. The Hall–Kier alpha value is -3.35. The maximum absolute atomic E-state index is 12.9. The first-order valence-electron chi connectivity index (χ1n) is 8.16. The van der Waals surface area contributed by atoms with E-state index in [4.69, 9.17) is 18.6 Å². The van der Waals surface area contributed by atoms with Crippen LogP contribution in [0.15, 0.2) is 57.7 Å². The van der Waals surface area contributed by atoms with Crippen molar-refractivity contribution in [2.45, 2.75) is 19.6 Å². The van der Waals surface area contributed by atoms with Crippen LogP contribution in [0.5, 0.6) is 11.5 Å². The topological polar surface area (TPSA) is 75.0 Å². The van der Waals surface area contributed by atoms with Crippen molar-refractivity contribution < 1.29 is 27.8 Å². The van der Waals surface area contributed by atoms with Gasteiger partial charge in [-0.3, -0.25) is 0 Å². The normalized spacial score (nSPS) is 11.8. The molecule has 0 radical (unpaired) electrons. The molecule has 6 nitrogen and oxygen atoms in total. The van der Waals surface area contributed by atoms with Crippen molar-refractivity contribution >= 4 is 16.9 Å². The fraction of sp³-hybridized carbons (Fsp3) is 0.200. The van der Waals surface area contributed by atoms with Crippen LogP contribution >= 0.6 is 0 Å². The third-order valence-corrected chi connectivity index (χ3v) is 3.87. The molecule has 1 atom stereocenters. The molecule has 140 valence electrons. The summed E-state index contributed by atoms with van der Waals surface area (Å²) in [5.41, 5.74) is 0.284. The van der Waals surface area contributed by atoms with Crippen molar-refractivity contribution in [2.75, 3.05) is 7.11 Å². The Balaban J connectivity index is 1.71. The first-order chi connectivity index (χ1) is 13.0. The molecule has 0 amide bonds. The molecule has 0 N–H and O–H groups in total. The summed E-state index contributed by atoms with van der Waals surface area (Å²) in [6.07, 6.45) is -0.901. The number of ether oxygens (including phenoxy) is 3. The van der Waals surface area contributed by atoms with Crippen molar-refractivity contribution in [3.63, 3.8) is 0 Å². The monoisotopic (exact) mass is 372 g/mol. The first kappa shape index (κ1) is 18.4. The molecule has 27 heavy (non-hydrogen) atoms. The quantitative estimate of drug-likeness (QED) is 0.487. The van der Waals surface area contributed by atoms with Gasteiger partial charge in [-0.15, -0.1) is 0 Å². The van der Waals surface area contributed by atoms with Crippen LogP contribution in [0.25, 0.3) is 11.0 Å². The summed E-state index contributed by atoms with van der Waals surface area (Å²) in [5, 5.41) is 0.635. The van der Waals surface area contributed by atoms with Crippen molar-refractivity contribution in [3.05, 3.63) is 70.3 Å². The Bertz CT molecular complexity index is 1010. The minimum absolute atomic E-state index is 0.121. The molecule has 1 aromatic heterocycles. The van der Waals surface area contributed by atoms with Crippen LogP contribution in [0.4, 0.5) is 4.39 Å². The van der Waals surface area contributed by atoms with Crippen molar-refractivity contribution in [2.24, 2.45) is 0 Å². The maximum atomic E-state index is 12.9. The lowest BCUT2D eigenvalue weighted by Crippen LogP contribution is -2.26. The van der Waals surface area contributed by atoms with E-state index in [2.05, 4.69) is 0 Å². The number of carbonyl (C=O) groups is 1. The lowest BCUT2D eigenvalue weighted by molar-refractivity contribution is -0.152. The van der Waals surface area contributed by atoms with E-state index in [1.807, 2.05) is 0 Å². The number of methoxy groups -OCH3 is 1. The van der Waals surface area contributed by atoms with E-state index in [0.717, 1.165) is 0 Å². The van der Waals surface area contributed by atoms with Crippen LogP contribution < -0.4 is 15.1 Å². The number of hydrogen-bond acceptors (Lipinski definition) is 6. The van der Waals surface area contributed by atoms with Gasteiger partial charge in [0.25, 0.3) is 0 Å². The molecule has 0 aliphatic carbocycles. The average Bonchev–Trinajstić information content (AvgIpc) is 2.66. The van der Waals surface area contributed by atoms with E-state index in [1.54, 1.807) is 18.2 Å². The Morgan fingerprint density at radius 1 is 1.11 bits per heavy atom. The average molecular weight is 372 g/mol. The van der Waals surface area contributed by atoms with Crippen LogP contribution in [0.3, 0.4) is 0 Å². The molecule has 0 saturated carbocycles. The number of benzene rings is 2. The molecule has 0 fully saturated rings. The predicted octanol–water partition coefficient (Wildman–Crippen LogP) is 3.45. The number of esters is 1. The fourth-order valence-corrected chi connectivity index (χ4v) is 2.49. The SMILES string of the molecule is COc1ccc2c(COC(=O)[C@@H](C)Oc3ccc(F)cc3)cc(=O)oc2c1. The Morgan fingerprint density at radius 3 is 2.52 bits per heavy atom. The largest absolute Gasteiger partial charge is 0.497 e. The molecule has 1 heterocycles. The molecule has 0 aliphatic rings.